The third kappa shape index (κ3) is 3.62. The van der Waals surface area contributed by atoms with Crippen LogP contribution >= 0.6 is 0 Å². The molecule has 2 N–H and O–H groups in total. The lowest BCUT2D eigenvalue weighted by molar-refractivity contribution is 0.152. The van der Waals surface area contributed by atoms with Gasteiger partial charge in [0.15, 0.2) is 0 Å². The highest BCUT2D eigenvalue weighted by Crippen LogP contribution is 2.17. The summed E-state index contributed by atoms with van der Waals surface area (Å²) < 4.78 is 4.78. The maximum atomic E-state index is 12.1. The first kappa shape index (κ1) is 15.1. The van der Waals surface area contributed by atoms with E-state index >= 15 is 0 Å². The molecule has 0 spiro atoms. The number of aryl methyl sites for hydroxylation is 2. The maximum absolute atomic E-state index is 12.1. The van der Waals surface area contributed by atoms with E-state index in [2.05, 4.69) is 10.3 Å². The smallest absolute Gasteiger partial charge is 0.407 e. The van der Waals surface area contributed by atoms with Gasteiger partial charge in [-0.25, -0.2) is 4.79 Å². The summed E-state index contributed by atoms with van der Waals surface area (Å²) in [7, 11) is 0. The molecule has 21 heavy (non-hydrogen) atoms. The number of H-pyrrole nitrogens is 1. The van der Waals surface area contributed by atoms with E-state index < -0.39 is 6.09 Å². The number of rotatable bonds is 4. The molecule has 112 valence electrons. The predicted molar refractivity (Wildman–Crippen MR) is 82.8 cm³/mol. The van der Waals surface area contributed by atoms with Crippen molar-refractivity contribution >= 4 is 17.0 Å². The standard InChI is InChI=1S/C16H20N2O3/c1-4-21-16(20)17-6-5-12-9-13-8-10(2)7-11(3)14(13)18-15(12)19/h7-9H,4-6H2,1-3H3,(H,17,20)(H,18,19). The van der Waals surface area contributed by atoms with Crippen molar-refractivity contribution in [2.45, 2.75) is 27.2 Å². The number of pyridine rings is 1. The van der Waals surface area contributed by atoms with E-state index in [1.165, 1.54) is 0 Å². The second-order valence-electron chi connectivity index (χ2n) is 5.07. The molecule has 0 bridgehead atoms. The molecule has 0 saturated carbocycles. The molecule has 5 nitrogen and oxygen atoms in total. The van der Waals surface area contributed by atoms with Gasteiger partial charge in [0.05, 0.1) is 12.1 Å². The predicted octanol–water partition coefficient (Wildman–Crippen LogP) is 2.43. The van der Waals surface area contributed by atoms with Gasteiger partial charge in [0.1, 0.15) is 0 Å². The summed E-state index contributed by atoms with van der Waals surface area (Å²) in [6, 6.07) is 5.97. The van der Waals surface area contributed by atoms with E-state index in [4.69, 9.17) is 4.74 Å². The third-order valence-corrected chi connectivity index (χ3v) is 3.31. The SMILES string of the molecule is CCOC(=O)NCCc1cc2cc(C)cc(C)c2[nH]c1=O. The fraction of sp³-hybridized carbons (Fsp3) is 0.375. The van der Waals surface area contributed by atoms with E-state index in [0.717, 1.165) is 22.0 Å². The molecule has 0 aliphatic carbocycles. The number of benzene rings is 1. The van der Waals surface area contributed by atoms with Crippen molar-refractivity contribution in [2.24, 2.45) is 0 Å². The Kier molecular flexibility index (Phi) is 4.62. The molecule has 0 aliphatic rings. The summed E-state index contributed by atoms with van der Waals surface area (Å²) in [4.78, 5) is 26.2. The van der Waals surface area contributed by atoms with Crippen molar-refractivity contribution in [3.05, 3.63) is 45.2 Å². The Hall–Kier alpha value is -2.30. The maximum Gasteiger partial charge on any atom is 0.407 e. The Morgan fingerprint density at radius 1 is 1.29 bits per heavy atom. The minimum Gasteiger partial charge on any atom is -0.450 e. The highest BCUT2D eigenvalue weighted by Gasteiger charge is 2.07. The molecule has 0 atom stereocenters. The lowest BCUT2D eigenvalue weighted by Crippen LogP contribution is -2.28. The van der Waals surface area contributed by atoms with Crippen molar-refractivity contribution in [2.75, 3.05) is 13.2 Å². The fourth-order valence-electron chi connectivity index (χ4n) is 2.40. The molecule has 0 unspecified atom stereocenters. The number of hydrogen-bond donors (Lipinski definition) is 2. The number of aromatic nitrogens is 1. The van der Waals surface area contributed by atoms with E-state index in [0.29, 0.717) is 25.1 Å². The number of alkyl carbamates (subject to hydrolysis) is 1. The number of amides is 1. The first-order valence-electron chi connectivity index (χ1n) is 7.05. The van der Waals surface area contributed by atoms with Gasteiger partial charge in [-0.05, 0) is 50.3 Å². The fourth-order valence-corrected chi connectivity index (χ4v) is 2.40. The van der Waals surface area contributed by atoms with Crippen LogP contribution in [0.15, 0.2) is 23.0 Å². The van der Waals surface area contributed by atoms with Crippen LogP contribution in [0.4, 0.5) is 4.79 Å². The van der Waals surface area contributed by atoms with E-state index in [1.54, 1.807) is 6.92 Å². The summed E-state index contributed by atoms with van der Waals surface area (Å²) in [5.74, 6) is 0. The van der Waals surface area contributed by atoms with Crippen LogP contribution in [0, 0.1) is 13.8 Å². The lowest BCUT2D eigenvalue weighted by atomic mass is 10.0. The Morgan fingerprint density at radius 3 is 2.76 bits per heavy atom. The molecular formula is C16H20N2O3. The molecular weight excluding hydrogens is 268 g/mol. The first-order valence-corrected chi connectivity index (χ1v) is 7.05. The molecule has 1 aromatic heterocycles. The van der Waals surface area contributed by atoms with Gasteiger partial charge < -0.3 is 15.0 Å². The number of nitrogens with one attached hydrogen (secondary N) is 2. The number of hydrogen-bond acceptors (Lipinski definition) is 3. The highest BCUT2D eigenvalue weighted by atomic mass is 16.5. The monoisotopic (exact) mass is 288 g/mol. The van der Waals surface area contributed by atoms with Gasteiger partial charge in [0, 0.05) is 12.1 Å². The van der Waals surface area contributed by atoms with Gasteiger partial charge in [-0.15, -0.1) is 0 Å². The van der Waals surface area contributed by atoms with Gasteiger partial charge in [-0.1, -0.05) is 11.6 Å². The molecule has 1 aromatic carbocycles. The number of ether oxygens (including phenoxy) is 1. The van der Waals surface area contributed by atoms with Gasteiger partial charge in [0.25, 0.3) is 5.56 Å². The Labute approximate surface area is 123 Å². The molecule has 0 aliphatic heterocycles. The van der Waals surface area contributed by atoms with Crippen molar-refractivity contribution in [3.8, 4) is 0 Å². The summed E-state index contributed by atoms with van der Waals surface area (Å²) >= 11 is 0. The highest BCUT2D eigenvalue weighted by molar-refractivity contribution is 5.82. The van der Waals surface area contributed by atoms with Gasteiger partial charge in [-0.2, -0.15) is 0 Å². The zero-order chi connectivity index (χ0) is 15.4. The minimum absolute atomic E-state index is 0.111. The largest absolute Gasteiger partial charge is 0.450 e. The van der Waals surface area contributed by atoms with Gasteiger partial charge >= 0.3 is 6.09 Å². The Bertz CT molecular complexity index is 719. The summed E-state index contributed by atoms with van der Waals surface area (Å²) in [5.41, 5.74) is 3.62. The second-order valence-corrected chi connectivity index (χ2v) is 5.07. The van der Waals surface area contributed by atoms with E-state index in [9.17, 15) is 9.59 Å². The van der Waals surface area contributed by atoms with Crippen LogP contribution in [0.2, 0.25) is 0 Å². The Balaban J connectivity index is 2.19. The number of fused-ring (bicyclic) bond motifs is 1. The van der Waals surface area contributed by atoms with Crippen LogP contribution in [-0.4, -0.2) is 24.2 Å². The summed E-state index contributed by atoms with van der Waals surface area (Å²) in [5, 5.41) is 3.63. The normalized spacial score (nSPS) is 10.6. The zero-order valence-electron chi connectivity index (χ0n) is 12.6. The minimum atomic E-state index is -0.457. The van der Waals surface area contributed by atoms with Crippen LogP contribution < -0.4 is 10.9 Å². The van der Waals surface area contributed by atoms with Crippen molar-refractivity contribution < 1.29 is 9.53 Å². The van der Waals surface area contributed by atoms with E-state index in [1.807, 2.05) is 32.0 Å². The van der Waals surface area contributed by atoms with E-state index in [-0.39, 0.29) is 5.56 Å². The van der Waals surface area contributed by atoms with Crippen LogP contribution in [0.25, 0.3) is 10.9 Å². The van der Waals surface area contributed by atoms with Crippen LogP contribution in [0.3, 0.4) is 0 Å². The Morgan fingerprint density at radius 2 is 2.05 bits per heavy atom. The average molecular weight is 288 g/mol. The molecule has 5 heteroatoms. The van der Waals surface area contributed by atoms with Crippen LogP contribution in [-0.2, 0) is 11.2 Å². The summed E-state index contributed by atoms with van der Waals surface area (Å²) in [6.45, 7) is 6.46. The zero-order valence-corrected chi connectivity index (χ0v) is 12.6. The van der Waals surface area contributed by atoms with Crippen molar-refractivity contribution in [1.29, 1.82) is 0 Å². The molecule has 0 fully saturated rings. The average Bonchev–Trinajstić information content (AvgIpc) is 2.40. The van der Waals surface area contributed by atoms with Crippen molar-refractivity contribution in [3.63, 3.8) is 0 Å². The first-order chi connectivity index (χ1) is 10.0. The van der Waals surface area contributed by atoms with Crippen LogP contribution in [0.5, 0.6) is 0 Å². The molecule has 2 aromatic rings. The molecule has 1 amide bonds. The molecule has 0 radical (unpaired) electrons. The van der Waals surface area contributed by atoms with Crippen molar-refractivity contribution in [1.82, 2.24) is 10.3 Å². The molecule has 1 heterocycles. The topological polar surface area (TPSA) is 71.2 Å². The van der Waals surface area contributed by atoms with Gasteiger partial charge in [0.2, 0.25) is 0 Å². The number of carbonyl (C=O) groups is 1. The number of carbonyl (C=O) groups excluding carboxylic acids is 1. The number of aromatic amines is 1. The summed E-state index contributed by atoms with van der Waals surface area (Å²) in [6.07, 6.45) is 0.0123. The van der Waals surface area contributed by atoms with Crippen LogP contribution in [0.1, 0.15) is 23.6 Å². The third-order valence-electron chi connectivity index (χ3n) is 3.31. The molecule has 0 saturated heterocycles. The second kappa shape index (κ2) is 6.43. The quantitative estimate of drug-likeness (QED) is 0.907. The van der Waals surface area contributed by atoms with Gasteiger partial charge in [-0.3, -0.25) is 4.79 Å². The lowest BCUT2D eigenvalue weighted by Gasteiger charge is -2.08. The molecule has 2 rings (SSSR count).